The lowest BCUT2D eigenvalue weighted by molar-refractivity contribution is 0.285. The highest BCUT2D eigenvalue weighted by atomic mass is 32.1. The van der Waals surface area contributed by atoms with E-state index in [-0.39, 0.29) is 60.6 Å². The minimum Gasteiger partial charge on any atom is -0.396 e. The Morgan fingerprint density at radius 2 is 1.75 bits per heavy atom. The SMILES string of the molecule is C[Si](C)C(CCO)c1nc2ccccc2s1.S.S.S.S. The van der Waals surface area contributed by atoms with Crippen LogP contribution in [0.25, 0.3) is 10.2 Å². The first-order valence-electron chi connectivity index (χ1n) is 5.48. The van der Waals surface area contributed by atoms with Crippen LogP contribution in [-0.2, 0) is 0 Å². The van der Waals surface area contributed by atoms with Crippen molar-refractivity contribution in [3.8, 4) is 0 Å². The molecule has 0 bridgehead atoms. The van der Waals surface area contributed by atoms with Crippen LogP contribution in [0.2, 0.25) is 13.1 Å². The van der Waals surface area contributed by atoms with Crippen molar-refractivity contribution in [3.05, 3.63) is 29.3 Å². The first-order chi connectivity index (χ1) is 7.72. The highest BCUT2D eigenvalue weighted by molar-refractivity contribution is 7.59. The van der Waals surface area contributed by atoms with Gasteiger partial charge in [-0.1, -0.05) is 25.2 Å². The number of rotatable bonds is 4. The van der Waals surface area contributed by atoms with E-state index >= 15 is 0 Å². The molecule has 1 heterocycles. The van der Waals surface area contributed by atoms with E-state index < -0.39 is 8.80 Å². The molecule has 0 saturated carbocycles. The summed E-state index contributed by atoms with van der Waals surface area (Å²) in [4.78, 5) is 4.69. The molecule has 1 N–H and O–H groups in total. The quantitative estimate of drug-likeness (QED) is 0.816. The first kappa shape index (κ1) is 25.6. The van der Waals surface area contributed by atoms with Crippen molar-refractivity contribution in [1.82, 2.24) is 4.98 Å². The number of aliphatic hydroxyl groups is 1. The van der Waals surface area contributed by atoms with Gasteiger partial charge in [-0.3, -0.25) is 0 Å². The number of para-hydroxylation sites is 1. The summed E-state index contributed by atoms with van der Waals surface area (Å²) in [6.07, 6.45) is 0.848. The van der Waals surface area contributed by atoms with Gasteiger partial charge in [0, 0.05) is 12.1 Å². The molecule has 0 aliphatic rings. The summed E-state index contributed by atoms with van der Waals surface area (Å²) in [5.74, 6) is 0. The maximum atomic E-state index is 9.11. The highest BCUT2D eigenvalue weighted by Gasteiger charge is 2.20. The van der Waals surface area contributed by atoms with Crippen molar-refractivity contribution in [2.75, 3.05) is 6.61 Å². The molecule has 1 aromatic heterocycles. The van der Waals surface area contributed by atoms with E-state index in [0.717, 1.165) is 11.9 Å². The Labute approximate surface area is 154 Å². The lowest BCUT2D eigenvalue weighted by Gasteiger charge is -2.15. The van der Waals surface area contributed by atoms with Gasteiger partial charge in [0.15, 0.2) is 0 Å². The monoisotopic (exact) mass is 386 g/mol. The molecule has 117 valence electrons. The van der Waals surface area contributed by atoms with Crippen molar-refractivity contribution in [1.29, 1.82) is 0 Å². The van der Waals surface area contributed by atoms with Crippen LogP contribution in [0.3, 0.4) is 0 Å². The highest BCUT2D eigenvalue weighted by Crippen LogP contribution is 2.30. The average Bonchev–Trinajstić information content (AvgIpc) is 2.68. The molecule has 1 atom stereocenters. The summed E-state index contributed by atoms with van der Waals surface area (Å²) >= 11 is 1.78. The Balaban J connectivity index is -0.000000722. The molecule has 2 nitrogen and oxygen atoms in total. The van der Waals surface area contributed by atoms with E-state index in [1.807, 2.05) is 6.07 Å². The molecular weight excluding hydrogens is 363 g/mol. The minimum atomic E-state index is -0.447. The van der Waals surface area contributed by atoms with Gasteiger partial charge in [0.2, 0.25) is 0 Å². The van der Waals surface area contributed by atoms with E-state index in [9.17, 15) is 0 Å². The third kappa shape index (κ3) is 6.21. The van der Waals surface area contributed by atoms with E-state index in [1.165, 1.54) is 9.71 Å². The minimum absolute atomic E-state index is 0. The van der Waals surface area contributed by atoms with Gasteiger partial charge < -0.3 is 5.11 Å². The fourth-order valence-electron chi connectivity index (χ4n) is 1.83. The molecule has 1 unspecified atom stereocenters. The van der Waals surface area contributed by atoms with Gasteiger partial charge >= 0.3 is 0 Å². The van der Waals surface area contributed by atoms with Gasteiger partial charge in [0.05, 0.1) is 24.0 Å². The van der Waals surface area contributed by atoms with E-state index in [1.54, 1.807) is 11.3 Å². The summed E-state index contributed by atoms with van der Waals surface area (Å²) < 4.78 is 1.25. The van der Waals surface area contributed by atoms with Crippen molar-refractivity contribution >= 4 is 84.3 Å². The number of thiazole rings is 1. The molecule has 8 heteroatoms. The number of benzene rings is 1. The zero-order valence-corrected chi connectivity index (χ0v) is 17.4. The number of aliphatic hydroxyl groups excluding tert-OH is 1. The average molecular weight is 387 g/mol. The smallest absolute Gasteiger partial charge is 0.0941 e. The zero-order valence-electron chi connectivity index (χ0n) is 11.6. The van der Waals surface area contributed by atoms with Crippen LogP contribution >= 0.6 is 65.3 Å². The zero-order chi connectivity index (χ0) is 11.5. The molecule has 0 aliphatic heterocycles. The van der Waals surface area contributed by atoms with Gasteiger partial charge in [-0.15, -0.1) is 11.3 Å². The molecule has 0 spiro atoms. The standard InChI is InChI=1S/C12H16NOSSi.4H2S/c1-16(2)11(7-8-14)12-13-9-5-3-4-6-10(9)15-12;;;;/h3-6,11,14H,7-8H2,1-2H3;4*1H2. The fourth-order valence-corrected chi connectivity index (χ4v) is 4.97. The summed E-state index contributed by atoms with van der Waals surface area (Å²) in [5.41, 5.74) is 1.57. The second kappa shape index (κ2) is 12.3. The van der Waals surface area contributed by atoms with Crippen molar-refractivity contribution in [3.63, 3.8) is 0 Å². The van der Waals surface area contributed by atoms with Gasteiger partial charge in [0.25, 0.3) is 0 Å². The second-order valence-electron chi connectivity index (χ2n) is 4.16. The molecular formula is C12H24NOS5Si. The summed E-state index contributed by atoms with van der Waals surface area (Å²) in [5, 5.41) is 10.3. The van der Waals surface area contributed by atoms with Crippen LogP contribution in [-0.4, -0.2) is 25.5 Å². The van der Waals surface area contributed by atoms with Crippen LogP contribution in [0.15, 0.2) is 24.3 Å². The van der Waals surface area contributed by atoms with Crippen molar-refractivity contribution in [2.24, 2.45) is 0 Å². The Morgan fingerprint density at radius 3 is 2.25 bits per heavy atom. The maximum Gasteiger partial charge on any atom is 0.0941 e. The van der Waals surface area contributed by atoms with E-state index in [2.05, 4.69) is 36.3 Å². The Kier molecular flexibility index (Phi) is 15.7. The van der Waals surface area contributed by atoms with E-state index in [0.29, 0.717) is 5.54 Å². The Bertz CT molecular complexity index is 447. The van der Waals surface area contributed by atoms with Crippen LogP contribution in [0, 0.1) is 0 Å². The van der Waals surface area contributed by atoms with Crippen molar-refractivity contribution < 1.29 is 5.11 Å². The van der Waals surface area contributed by atoms with Crippen LogP contribution in [0.4, 0.5) is 0 Å². The van der Waals surface area contributed by atoms with Crippen LogP contribution < -0.4 is 0 Å². The fraction of sp³-hybridized carbons (Fsp3) is 0.417. The number of fused-ring (bicyclic) bond motifs is 1. The third-order valence-corrected chi connectivity index (χ3v) is 6.04. The molecule has 1 radical (unpaired) electrons. The normalized spacial score (nSPS) is 10.8. The number of aromatic nitrogens is 1. The molecule has 2 aromatic rings. The van der Waals surface area contributed by atoms with Gasteiger partial charge in [0.1, 0.15) is 0 Å². The second-order valence-corrected chi connectivity index (χ2v) is 8.08. The molecule has 20 heavy (non-hydrogen) atoms. The van der Waals surface area contributed by atoms with Gasteiger partial charge in [-0.05, 0) is 18.6 Å². The predicted octanol–water partition coefficient (Wildman–Crippen LogP) is 3.51. The molecule has 0 saturated heterocycles. The molecule has 2 rings (SSSR count). The lowest BCUT2D eigenvalue weighted by atomic mass is 10.3. The summed E-state index contributed by atoms with van der Waals surface area (Å²) in [7, 11) is -0.447. The largest absolute Gasteiger partial charge is 0.396 e. The summed E-state index contributed by atoms with van der Waals surface area (Å²) in [6.45, 7) is 4.84. The summed E-state index contributed by atoms with van der Waals surface area (Å²) in [6, 6.07) is 8.25. The predicted molar refractivity (Wildman–Crippen MR) is 113 cm³/mol. The third-order valence-electron chi connectivity index (χ3n) is 2.72. The number of nitrogens with zero attached hydrogens (tertiary/aromatic N) is 1. The van der Waals surface area contributed by atoms with Gasteiger partial charge in [-0.25, -0.2) is 4.98 Å². The molecule has 0 fully saturated rings. The topological polar surface area (TPSA) is 33.1 Å². The van der Waals surface area contributed by atoms with Gasteiger partial charge in [-0.2, -0.15) is 54.0 Å². The first-order valence-corrected chi connectivity index (χ1v) is 8.88. The van der Waals surface area contributed by atoms with Crippen molar-refractivity contribution in [2.45, 2.75) is 25.1 Å². The molecule has 0 aliphatic carbocycles. The van der Waals surface area contributed by atoms with E-state index in [4.69, 9.17) is 5.11 Å². The Hall–Kier alpha value is 0.687. The van der Waals surface area contributed by atoms with Crippen LogP contribution in [0.1, 0.15) is 17.0 Å². The number of hydrogen-bond acceptors (Lipinski definition) is 3. The Morgan fingerprint density at radius 1 is 1.15 bits per heavy atom. The van der Waals surface area contributed by atoms with Crippen LogP contribution in [0.5, 0.6) is 0 Å². The number of hydrogen-bond donors (Lipinski definition) is 1. The molecule has 0 amide bonds. The lowest BCUT2D eigenvalue weighted by Crippen LogP contribution is -2.17. The maximum absolute atomic E-state index is 9.11. The molecule has 1 aromatic carbocycles.